The van der Waals surface area contributed by atoms with E-state index in [9.17, 15) is 9.59 Å². The number of benzene rings is 1. The van der Waals surface area contributed by atoms with Gasteiger partial charge in [0.15, 0.2) is 0 Å². The molecule has 1 aromatic carbocycles. The van der Waals surface area contributed by atoms with Crippen molar-refractivity contribution in [1.82, 2.24) is 5.32 Å². The highest BCUT2D eigenvalue weighted by atomic mass is 127. The lowest BCUT2D eigenvalue weighted by Crippen LogP contribution is -2.48. The molecular weight excluding hydrogens is 397 g/mol. The zero-order valence-electron chi connectivity index (χ0n) is 11.8. The van der Waals surface area contributed by atoms with Crippen molar-refractivity contribution in [3.05, 3.63) is 35.9 Å². The molecule has 2 aliphatic carbocycles. The number of hydrogen-bond acceptors (Lipinski definition) is 4. The topological polar surface area (TPSA) is 64.6 Å². The number of alkyl halides is 1. The molecule has 2 bridgehead atoms. The molecule has 116 valence electrons. The molecule has 0 unspecified atom stereocenters. The number of carbonyl (C=O) groups is 2. The van der Waals surface area contributed by atoms with Crippen LogP contribution in [0, 0.1) is 17.8 Å². The number of ether oxygens (including phenoxy) is 2. The largest absolute Gasteiger partial charge is 0.461 e. The van der Waals surface area contributed by atoms with Gasteiger partial charge in [0.2, 0.25) is 0 Å². The first-order valence-corrected chi connectivity index (χ1v) is 8.71. The fourth-order valence-corrected chi connectivity index (χ4v) is 5.49. The summed E-state index contributed by atoms with van der Waals surface area (Å²) in [5.74, 6) is 0.213. The Bertz CT molecular complexity index is 607. The SMILES string of the molecule is O=C(N[C@@H]1[C@H]2C[C@H]3[C@H](OC(=O)[C@H]31)[C@H]2I)OCc1ccccc1. The van der Waals surface area contributed by atoms with E-state index in [1.807, 2.05) is 30.3 Å². The molecule has 1 amide bonds. The van der Waals surface area contributed by atoms with Crippen molar-refractivity contribution in [2.75, 3.05) is 0 Å². The minimum Gasteiger partial charge on any atom is -0.461 e. The van der Waals surface area contributed by atoms with Gasteiger partial charge in [-0.15, -0.1) is 0 Å². The van der Waals surface area contributed by atoms with Gasteiger partial charge in [-0.2, -0.15) is 0 Å². The van der Waals surface area contributed by atoms with E-state index >= 15 is 0 Å². The standard InChI is InChI=1S/C16H16INO4/c17-12-10-6-9-11(15(19)22-14(9)12)13(10)18-16(20)21-7-8-4-2-1-3-5-8/h1-5,9-14H,6-7H2,(H,18,20)/t9-,10+,11-,12+,13-,14+/m1/s1. The molecule has 4 rings (SSSR count). The highest BCUT2D eigenvalue weighted by molar-refractivity contribution is 14.1. The molecule has 1 saturated heterocycles. The van der Waals surface area contributed by atoms with Crippen molar-refractivity contribution in [1.29, 1.82) is 0 Å². The molecule has 1 aliphatic heterocycles. The van der Waals surface area contributed by atoms with Gasteiger partial charge < -0.3 is 14.8 Å². The van der Waals surface area contributed by atoms with Crippen LogP contribution in [0.15, 0.2) is 30.3 Å². The van der Waals surface area contributed by atoms with Gasteiger partial charge in [0.25, 0.3) is 0 Å². The zero-order valence-corrected chi connectivity index (χ0v) is 13.9. The third-order valence-electron chi connectivity index (χ3n) is 5.02. The molecule has 3 aliphatic rings. The third-order valence-corrected chi connectivity index (χ3v) is 6.65. The fraction of sp³-hybridized carbons (Fsp3) is 0.500. The van der Waals surface area contributed by atoms with E-state index in [1.165, 1.54) is 0 Å². The number of fused-ring (bicyclic) bond motifs is 1. The summed E-state index contributed by atoms with van der Waals surface area (Å²) < 4.78 is 11.0. The summed E-state index contributed by atoms with van der Waals surface area (Å²) in [5, 5.41) is 2.90. The van der Waals surface area contributed by atoms with Gasteiger partial charge in [-0.25, -0.2) is 4.79 Å². The van der Waals surface area contributed by atoms with Crippen LogP contribution in [-0.2, 0) is 20.9 Å². The van der Waals surface area contributed by atoms with Crippen molar-refractivity contribution < 1.29 is 19.1 Å². The molecule has 3 fully saturated rings. The summed E-state index contributed by atoms with van der Waals surface area (Å²) in [6, 6.07) is 9.39. The molecule has 6 heteroatoms. The molecule has 1 N–H and O–H groups in total. The Balaban J connectivity index is 1.39. The second-order valence-corrected chi connectivity index (χ2v) is 7.61. The van der Waals surface area contributed by atoms with Gasteiger partial charge in [0.1, 0.15) is 12.7 Å². The average Bonchev–Trinajstić information content (AvgIpc) is 3.11. The lowest BCUT2D eigenvalue weighted by molar-refractivity contribution is -0.143. The second-order valence-electron chi connectivity index (χ2n) is 6.17. The molecule has 2 saturated carbocycles. The van der Waals surface area contributed by atoms with E-state index in [0.29, 0.717) is 5.92 Å². The number of carbonyl (C=O) groups excluding carboxylic acids is 2. The maximum atomic E-state index is 12.0. The van der Waals surface area contributed by atoms with E-state index in [1.54, 1.807) is 0 Å². The van der Waals surface area contributed by atoms with Crippen molar-refractivity contribution in [2.45, 2.75) is 29.1 Å². The van der Waals surface area contributed by atoms with E-state index in [-0.39, 0.29) is 40.5 Å². The zero-order chi connectivity index (χ0) is 15.3. The minimum absolute atomic E-state index is 0.0430. The van der Waals surface area contributed by atoms with E-state index in [0.717, 1.165) is 12.0 Å². The highest BCUT2D eigenvalue weighted by Crippen LogP contribution is 2.56. The Labute approximate surface area is 141 Å². The summed E-state index contributed by atoms with van der Waals surface area (Å²) in [7, 11) is 0. The predicted molar refractivity (Wildman–Crippen MR) is 86.3 cm³/mol. The number of hydrogen-bond donors (Lipinski definition) is 1. The summed E-state index contributed by atoms with van der Waals surface area (Å²) in [6.45, 7) is 0.235. The molecular formula is C16H16INO4. The van der Waals surface area contributed by atoms with Crippen LogP contribution in [0.5, 0.6) is 0 Å². The molecule has 0 aromatic heterocycles. The normalized spacial score (nSPS) is 38.0. The maximum absolute atomic E-state index is 12.0. The van der Waals surface area contributed by atoms with Crippen LogP contribution in [0.25, 0.3) is 0 Å². The van der Waals surface area contributed by atoms with Crippen molar-refractivity contribution in [2.24, 2.45) is 17.8 Å². The van der Waals surface area contributed by atoms with E-state index < -0.39 is 6.09 Å². The molecule has 1 heterocycles. The Morgan fingerprint density at radius 2 is 2.09 bits per heavy atom. The molecule has 1 aromatic rings. The van der Waals surface area contributed by atoms with Crippen LogP contribution in [0.3, 0.4) is 0 Å². The first-order valence-electron chi connectivity index (χ1n) is 7.47. The Morgan fingerprint density at radius 1 is 1.32 bits per heavy atom. The quantitative estimate of drug-likeness (QED) is 0.469. The summed E-state index contributed by atoms with van der Waals surface area (Å²) in [4.78, 5) is 24.0. The second kappa shape index (κ2) is 5.40. The number of nitrogens with one attached hydrogen (secondary N) is 1. The molecule has 6 atom stereocenters. The van der Waals surface area contributed by atoms with E-state index in [4.69, 9.17) is 9.47 Å². The number of amides is 1. The molecule has 22 heavy (non-hydrogen) atoms. The van der Waals surface area contributed by atoms with Crippen molar-refractivity contribution in [3.8, 4) is 0 Å². The Kier molecular flexibility index (Phi) is 3.51. The van der Waals surface area contributed by atoms with Crippen LogP contribution in [0.1, 0.15) is 12.0 Å². The smallest absolute Gasteiger partial charge is 0.407 e. The van der Waals surface area contributed by atoms with Gasteiger partial charge in [-0.3, -0.25) is 4.79 Å². The predicted octanol–water partition coefficient (Wildman–Crippen LogP) is 2.28. The maximum Gasteiger partial charge on any atom is 0.407 e. The van der Waals surface area contributed by atoms with Crippen LogP contribution in [-0.4, -0.2) is 28.1 Å². The summed E-state index contributed by atoms with van der Waals surface area (Å²) >= 11 is 2.35. The first kappa shape index (κ1) is 14.3. The highest BCUT2D eigenvalue weighted by Gasteiger charge is 2.66. The van der Waals surface area contributed by atoms with Crippen molar-refractivity contribution >= 4 is 34.7 Å². The van der Waals surface area contributed by atoms with Gasteiger partial charge >= 0.3 is 12.1 Å². The Hall–Kier alpha value is -1.31. The first-order chi connectivity index (χ1) is 10.6. The molecule has 5 nitrogen and oxygen atoms in total. The lowest BCUT2D eigenvalue weighted by atomic mass is 9.85. The summed E-state index contributed by atoms with van der Waals surface area (Å²) in [5.41, 5.74) is 0.942. The van der Waals surface area contributed by atoms with Crippen LogP contribution in [0.2, 0.25) is 0 Å². The monoisotopic (exact) mass is 413 g/mol. The number of halogens is 1. The third kappa shape index (κ3) is 2.19. The van der Waals surface area contributed by atoms with Gasteiger partial charge in [-0.05, 0) is 17.9 Å². The number of alkyl carbamates (subject to hydrolysis) is 1. The van der Waals surface area contributed by atoms with Crippen LogP contribution >= 0.6 is 22.6 Å². The molecule has 0 radical (unpaired) electrons. The van der Waals surface area contributed by atoms with Gasteiger partial charge in [0.05, 0.1) is 9.84 Å². The lowest BCUT2D eigenvalue weighted by Gasteiger charge is -2.28. The number of rotatable bonds is 3. The summed E-state index contributed by atoms with van der Waals surface area (Å²) in [6.07, 6.45) is 0.543. The Morgan fingerprint density at radius 3 is 2.86 bits per heavy atom. The number of esters is 1. The van der Waals surface area contributed by atoms with Crippen LogP contribution in [0.4, 0.5) is 4.79 Å². The molecule has 0 spiro atoms. The van der Waals surface area contributed by atoms with Gasteiger partial charge in [-0.1, -0.05) is 52.9 Å². The van der Waals surface area contributed by atoms with Crippen LogP contribution < -0.4 is 5.32 Å². The van der Waals surface area contributed by atoms with Crippen molar-refractivity contribution in [3.63, 3.8) is 0 Å². The average molecular weight is 413 g/mol. The van der Waals surface area contributed by atoms with Gasteiger partial charge in [0, 0.05) is 12.0 Å². The minimum atomic E-state index is -0.457. The fourth-order valence-electron chi connectivity index (χ4n) is 4.07. The van der Waals surface area contributed by atoms with E-state index in [2.05, 4.69) is 27.9 Å².